The highest BCUT2D eigenvalue weighted by Gasteiger charge is 2.53. The Morgan fingerprint density at radius 3 is 1.95 bits per heavy atom. The lowest BCUT2D eigenvalue weighted by atomic mass is 9.80. The van der Waals surface area contributed by atoms with E-state index < -0.39 is 23.6 Å². The van der Waals surface area contributed by atoms with Gasteiger partial charge in [0.05, 0.1) is 0 Å². The molecular formula is C17H14O5. The number of carbonyl (C=O) groups excluding carboxylic acids is 1. The number of esters is 1. The van der Waals surface area contributed by atoms with Gasteiger partial charge in [0.25, 0.3) is 0 Å². The van der Waals surface area contributed by atoms with Crippen LogP contribution < -0.4 is 0 Å². The van der Waals surface area contributed by atoms with Gasteiger partial charge in [-0.1, -0.05) is 60.7 Å². The zero-order chi connectivity index (χ0) is 15.6. The fourth-order valence-electron chi connectivity index (χ4n) is 2.73. The fraction of sp³-hybridized carbons (Fsp3) is 0.176. The van der Waals surface area contributed by atoms with Crippen LogP contribution >= 0.6 is 0 Å². The van der Waals surface area contributed by atoms with Crippen LogP contribution in [0, 0.1) is 0 Å². The first kappa shape index (κ1) is 14.3. The van der Waals surface area contributed by atoms with E-state index in [1.165, 1.54) is 0 Å². The summed E-state index contributed by atoms with van der Waals surface area (Å²) in [6.45, 7) is -0.298. The maximum atomic E-state index is 11.7. The molecule has 3 rings (SSSR count). The van der Waals surface area contributed by atoms with Crippen molar-refractivity contribution in [3.05, 3.63) is 71.8 Å². The molecule has 0 radical (unpaired) electrons. The standard InChI is InChI=1S/C17H14O5/c18-14-11-21-17(15(22-14)16(19)20,12-7-3-1-4-8-12)13-9-5-2-6-10-13/h1-10,15H,11H2,(H,19,20). The van der Waals surface area contributed by atoms with Crippen LogP contribution in [0.5, 0.6) is 0 Å². The maximum absolute atomic E-state index is 11.7. The molecule has 1 aliphatic rings. The van der Waals surface area contributed by atoms with Gasteiger partial charge in [0.2, 0.25) is 6.10 Å². The quantitative estimate of drug-likeness (QED) is 0.877. The van der Waals surface area contributed by atoms with Gasteiger partial charge in [0.1, 0.15) is 6.61 Å². The number of carbonyl (C=O) groups is 2. The Labute approximate surface area is 127 Å². The number of hydrogen-bond donors (Lipinski definition) is 1. The van der Waals surface area contributed by atoms with Gasteiger partial charge in [0.15, 0.2) is 5.60 Å². The van der Waals surface area contributed by atoms with E-state index in [0.717, 1.165) is 0 Å². The first-order chi connectivity index (χ1) is 10.6. The number of ether oxygens (including phenoxy) is 2. The Bertz CT molecular complexity index is 641. The molecule has 1 unspecified atom stereocenters. The van der Waals surface area contributed by atoms with Gasteiger partial charge in [-0.15, -0.1) is 0 Å². The molecule has 1 aliphatic heterocycles. The van der Waals surface area contributed by atoms with Crippen molar-refractivity contribution < 1.29 is 24.2 Å². The lowest BCUT2D eigenvalue weighted by molar-refractivity contribution is -0.211. The number of aliphatic carboxylic acids is 1. The molecule has 0 bridgehead atoms. The number of benzene rings is 2. The van der Waals surface area contributed by atoms with Crippen molar-refractivity contribution in [2.45, 2.75) is 11.7 Å². The number of carboxylic acid groups (broad SMARTS) is 1. The zero-order valence-electron chi connectivity index (χ0n) is 11.6. The van der Waals surface area contributed by atoms with Crippen LogP contribution in [0.2, 0.25) is 0 Å². The molecule has 0 saturated carbocycles. The molecule has 1 saturated heterocycles. The number of rotatable bonds is 3. The van der Waals surface area contributed by atoms with E-state index in [2.05, 4.69) is 0 Å². The molecule has 0 aromatic heterocycles. The number of carboxylic acids is 1. The van der Waals surface area contributed by atoms with E-state index in [-0.39, 0.29) is 6.61 Å². The van der Waals surface area contributed by atoms with Crippen molar-refractivity contribution in [2.24, 2.45) is 0 Å². The van der Waals surface area contributed by atoms with E-state index in [4.69, 9.17) is 9.47 Å². The van der Waals surface area contributed by atoms with E-state index in [1.807, 2.05) is 12.1 Å². The summed E-state index contributed by atoms with van der Waals surface area (Å²) in [5, 5.41) is 9.56. The third kappa shape index (κ3) is 2.25. The summed E-state index contributed by atoms with van der Waals surface area (Å²) in [7, 11) is 0. The molecule has 112 valence electrons. The lowest BCUT2D eigenvalue weighted by Crippen LogP contribution is -2.54. The molecule has 0 amide bonds. The van der Waals surface area contributed by atoms with Crippen molar-refractivity contribution in [2.75, 3.05) is 6.61 Å². The molecule has 5 heteroatoms. The van der Waals surface area contributed by atoms with Gasteiger partial charge < -0.3 is 14.6 Å². The van der Waals surface area contributed by atoms with Crippen molar-refractivity contribution >= 4 is 11.9 Å². The van der Waals surface area contributed by atoms with Crippen LogP contribution in [0.4, 0.5) is 0 Å². The van der Waals surface area contributed by atoms with Crippen LogP contribution in [-0.4, -0.2) is 29.8 Å². The first-order valence-electron chi connectivity index (χ1n) is 6.82. The van der Waals surface area contributed by atoms with Crippen LogP contribution in [-0.2, 0) is 24.7 Å². The van der Waals surface area contributed by atoms with Gasteiger partial charge in [-0.2, -0.15) is 0 Å². The second-order valence-electron chi connectivity index (χ2n) is 4.96. The average Bonchev–Trinajstić information content (AvgIpc) is 2.56. The Balaban J connectivity index is 2.23. The van der Waals surface area contributed by atoms with Gasteiger partial charge in [-0.05, 0) is 11.1 Å². The molecule has 1 N–H and O–H groups in total. The maximum Gasteiger partial charge on any atom is 0.348 e. The van der Waals surface area contributed by atoms with Gasteiger partial charge in [0, 0.05) is 0 Å². The van der Waals surface area contributed by atoms with Crippen LogP contribution in [0.15, 0.2) is 60.7 Å². The Kier molecular flexibility index (Phi) is 3.65. The number of cyclic esters (lactones) is 1. The molecule has 5 nitrogen and oxygen atoms in total. The zero-order valence-corrected chi connectivity index (χ0v) is 11.6. The van der Waals surface area contributed by atoms with E-state index in [9.17, 15) is 14.7 Å². The summed E-state index contributed by atoms with van der Waals surface area (Å²) >= 11 is 0. The average molecular weight is 298 g/mol. The molecule has 0 aliphatic carbocycles. The highest BCUT2D eigenvalue weighted by molar-refractivity contribution is 5.82. The van der Waals surface area contributed by atoms with Gasteiger partial charge >= 0.3 is 11.9 Å². The number of hydrogen-bond acceptors (Lipinski definition) is 4. The van der Waals surface area contributed by atoms with E-state index >= 15 is 0 Å². The topological polar surface area (TPSA) is 72.8 Å². The summed E-state index contributed by atoms with van der Waals surface area (Å²) in [5.41, 5.74) is -0.107. The Hall–Kier alpha value is -2.66. The van der Waals surface area contributed by atoms with Gasteiger partial charge in [-0.25, -0.2) is 9.59 Å². The van der Waals surface area contributed by atoms with Crippen LogP contribution in [0.3, 0.4) is 0 Å². The van der Waals surface area contributed by atoms with E-state index in [0.29, 0.717) is 11.1 Å². The smallest absolute Gasteiger partial charge is 0.348 e. The van der Waals surface area contributed by atoms with Crippen molar-refractivity contribution in [1.29, 1.82) is 0 Å². The third-order valence-electron chi connectivity index (χ3n) is 3.67. The second kappa shape index (κ2) is 5.61. The molecule has 0 spiro atoms. The minimum atomic E-state index is -1.45. The molecule has 1 heterocycles. The van der Waals surface area contributed by atoms with Crippen molar-refractivity contribution in [3.8, 4) is 0 Å². The largest absolute Gasteiger partial charge is 0.478 e. The Morgan fingerprint density at radius 1 is 1.00 bits per heavy atom. The minimum Gasteiger partial charge on any atom is -0.478 e. The lowest BCUT2D eigenvalue weighted by Gasteiger charge is -2.41. The third-order valence-corrected chi connectivity index (χ3v) is 3.67. The molecular weight excluding hydrogens is 284 g/mol. The fourth-order valence-corrected chi connectivity index (χ4v) is 2.73. The molecule has 2 aromatic rings. The van der Waals surface area contributed by atoms with Crippen LogP contribution in [0.1, 0.15) is 11.1 Å². The highest BCUT2D eigenvalue weighted by Crippen LogP contribution is 2.40. The second-order valence-corrected chi connectivity index (χ2v) is 4.96. The molecule has 22 heavy (non-hydrogen) atoms. The highest BCUT2D eigenvalue weighted by atomic mass is 16.6. The normalized spacial score (nSPS) is 20.2. The molecule has 1 fully saturated rings. The van der Waals surface area contributed by atoms with Crippen molar-refractivity contribution in [3.63, 3.8) is 0 Å². The van der Waals surface area contributed by atoms with Crippen LogP contribution in [0.25, 0.3) is 0 Å². The predicted molar refractivity (Wildman–Crippen MR) is 77.1 cm³/mol. The SMILES string of the molecule is O=C1COC(c2ccccc2)(c2ccccc2)C(C(=O)O)O1. The summed E-state index contributed by atoms with van der Waals surface area (Å²) in [6, 6.07) is 17.9. The van der Waals surface area contributed by atoms with Gasteiger partial charge in [-0.3, -0.25) is 0 Å². The minimum absolute atomic E-state index is 0.298. The summed E-state index contributed by atoms with van der Waals surface area (Å²) in [5.74, 6) is -1.93. The summed E-state index contributed by atoms with van der Waals surface area (Å²) < 4.78 is 10.9. The monoisotopic (exact) mass is 298 g/mol. The predicted octanol–water partition coefficient (Wildman–Crippen LogP) is 1.96. The molecule has 2 aromatic carbocycles. The van der Waals surface area contributed by atoms with Crippen molar-refractivity contribution in [1.82, 2.24) is 0 Å². The summed E-state index contributed by atoms with van der Waals surface area (Å²) in [4.78, 5) is 23.2. The van der Waals surface area contributed by atoms with E-state index in [1.54, 1.807) is 48.5 Å². The Morgan fingerprint density at radius 2 is 1.50 bits per heavy atom. The molecule has 1 atom stereocenters. The summed E-state index contributed by atoms with van der Waals surface area (Å²) in [6.07, 6.45) is -1.45. The first-order valence-corrected chi connectivity index (χ1v) is 6.82.